The number of nitrogens with one attached hydrogen (secondary N) is 1. The molecule has 2 aromatic heterocycles. The van der Waals surface area contributed by atoms with Gasteiger partial charge in [0.15, 0.2) is 0 Å². The average Bonchev–Trinajstić information content (AvgIpc) is 3.46. The Morgan fingerprint density at radius 2 is 1.64 bits per heavy atom. The summed E-state index contributed by atoms with van der Waals surface area (Å²) in [5.41, 5.74) is 4.45. The van der Waals surface area contributed by atoms with E-state index in [4.69, 9.17) is 0 Å². The van der Waals surface area contributed by atoms with Gasteiger partial charge in [-0.25, -0.2) is 13.4 Å². The van der Waals surface area contributed by atoms with E-state index in [9.17, 15) is 18.0 Å². The number of pyridine rings is 1. The van der Waals surface area contributed by atoms with Gasteiger partial charge in [0.25, 0.3) is 21.8 Å². The van der Waals surface area contributed by atoms with Crippen LogP contribution < -0.4 is 4.72 Å². The standard InChI is InChI=1S/C28H27N5O4S2/c34-27(32-11-13-33(14-12-32)28(35)24-17-38-18-30-24)20-7-9-23(10-8-20)31-39(36,37)25-6-2-5-21-15-22(16-29-26(21)25)19-3-1-4-19/h2,5-10,15-19,31H,1,3-4,11-14H2. The predicted octanol–water partition coefficient (Wildman–Crippen LogP) is 4.36. The predicted molar refractivity (Wildman–Crippen MR) is 150 cm³/mol. The Morgan fingerprint density at radius 1 is 0.923 bits per heavy atom. The number of carbonyl (C=O) groups is 2. The first-order chi connectivity index (χ1) is 18.9. The van der Waals surface area contributed by atoms with Gasteiger partial charge in [0, 0.05) is 54.4 Å². The zero-order valence-electron chi connectivity index (χ0n) is 21.1. The third kappa shape index (κ3) is 5.11. The van der Waals surface area contributed by atoms with E-state index >= 15 is 0 Å². The molecule has 0 unspecified atom stereocenters. The molecule has 2 aliphatic rings. The van der Waals surface area contributed by atoms with Crippen LogP contribution in [0.25, 0.3) is 10.9 Å². The smallest absolute Gasteiger partial charge is 0.273 e. The SMILES string of the molecule is O=C(c1ccc(NS(=O)(=O)c2cccc3cc(C4CCC4)cnc23)cc1)N1CCN(C(=O)c2cscn2)CC1. The van der Waals surface area contributed by atoms with Gasteiger partial charge < -0.3 is 9.80 Å². The topological polar surface area (TPSA) is 113 Å². The number of para-hydroxylation sites is 1. The maximum atomic E-state index is 13.3. The van der Waals surface area contributed by atoms with Crippen LogP contribution >= 0.6 is 11.3 Å². The highest BCUT2D eigenvalue weighted by atomic mass is 32.2. The number of amides is 2. The monoisotopic (exact) mass is 561 g/mol. The van der Waals surface area contributed by atoms with Crippen LogP contribution in [0.3, 0.4) is 0 Å². The van der Waals surface area contributed by atoms with Crippen molar-refractivity contribution in [2.75, 3.05) is 30.9 Å². The molecule has 3 heterocycles. The van der Waals surface area contributed by atoms with Crippen molar-refractivity contribution in [3.05, 3.63) is 82.4 Å². The fraction of sp³-hybridized carbons (Fsp3) is 0.286. The van der Waals surface area contributed by atoms with Gasteiger partial charge in [-0.15, -0.1) is 11.3 Å². The van der Waals surface area contributed by atoms with Crippen LogP contribution in [0.1, 0.15) is 51.6 Å². The molecule has 2 fully saturated rings. The lowest BCUT2D eigenvalue weighted by molar-refractivity contribution is 0.0533. The molecule has 200 valence electrons. The lowest BCUT2D eigenvalue weighted by Gasteiger charge is -2.34. The van der Waals surface area contributed by atoms with Gasteiger partial charge >= 0.3 is 0 Å². The van der Waals surface area contributed by atoms with E-state index in [0.29, 0.717) is 54.6 Å². The van der Waals surface area contributed by atoms with Gasteiger partial charge in [0.1, 0.15) is 10.6 Å². The van der Waals surface area contributed by atoms with Gasteiger partial charge in [0.2, 0.25) is 0 Å². The van der Waals surface area contributed by atoms with Gasteiger partial charge in [-0.3, -0.25) is 19.3 Å². The fourth-order valence-electron chi connectivity index (χ4n) is 5.00. The Kier molecular flexibility index (Phi) is 6.78. The number of thiazole rings is 1. The molecule has 4 aromatic rings. The van der Waals surface area contributed by atoms with Crippen molar-refractivity contribution in [1.82, 2.24) is 19.8 Å². The molecule has 2 aromatic carbocycles. The summed E-state index contributed by atoms with van der Waals surface area (Å²) in [6, 6.07) is 13.6. The Morgan fingerprint density at radius 3 is 2.28 bits per heavy atom. The molecule has 0 bridgehead atoms. The molecule has 2 amide bonds. The van der Waals surface area contributed by atoms with Crippen LogP contribution in [0, 0.1) is 0 Å². The Balaban J connectivity index is 1.12. The van der Waals surface area contributed by atoms with Crippen molar-refractivity contribution in [1.29, 1.82) is 0 Å². The highest BCUT2D eigenvalue weighted by Crippen LogP contribution is 2.37. The normalized spacial score (nSPS) is 16.2. The van der Waals surface area contributed by atoms with E-state index in [1.165, 1.54) is 17.8 Å². The number of rotatable bonds is 6. The largest absolute Gasteiger partial charge is 0.335 e. The van der Waals surface area contributed by atoms with Gasteiger partial charge in [-0.1, -0.05) is 18.6 Å². The quantitative estimate of drug-likeness (QED) is 0.374. The summed E-state index contributed by atoms with van der Waals surface area (Å²) >= 11 is 1.37. The van der Waals surface area contributed by atoms with Crippen molar-refractivity contribution < 1.29 is 18.0 Å². The molecule has 0 radical (unpaired) electrons. The molecule has 1 aliphatic carbocycles. The number of benzene rings is 2. The van der Waals surface area contributed by atoms with Crippen LogP contribution in [0.2, 0.25) is 0 Å². The number of hydrogen-bond acceptors (Lipinski definition) is 7. The Hall–Kier alpha value is -3.83. The van der Waals surface area contributed by atoms with Gasteiger partial charge in [-0.05, 0) is 60.7 Å². The minimum Gasteiger partial charge on any atom is -0.335 e. The Bertz CT molecular complexity index is 1630. The van der Waals surface area contributed by atoms with Crippen molar-refractivity contribution in [3.63, 3.8) is 0 Å². The minimum absolute atomic E-state index is 0.116. The number of hydrogen-bond donors (Lipinski definition) is 1. The molecule has 1 aliphatic heterocycles. The molecular formula is C28H27N5O4S2. The van der Waals surface area contributed by atoms with Crippen LogP contribution in [0.5, 0.6) is 0 Å². The molecule has 39 heavy (non-hydrogen) atoms. The number of fused-ring (bicyclic) bond motifs is 1. The van der Waals surface area contributed by atoms with Crippen molar-refractivity contribution in [3.8, 4) is 0 Å². The number of piperazine rings is 1. The molecule has 11 heteroatoms. The number of nitrogens with zero attached hydrogens (tertiary/aromatic N) is 4. The third-order valence-electron chi connectivity index (χ3n) is 7.45. The first-order valence-corrected chi connectivity index (χ1v) is 15.3. The first kappa shape index (κ1) is 25.4. The average molecular weight is 562 g/mol. The zero-order chi connectivity index (χ0) is 27.0. The summed E-state index contributed by atoms with van der Waals surface area (Å²) < 4.78 is 29.2. The zero-order valence-corrected chi connectivity index (χ0v) is 22.7. The van der Waals surface area contributed by atoms with E-state index < -0.39 is 10.0 Å². The second-order valence-corrected chi connectivity index (χ2v) is 12.2. The van der Waals surface area contributed by atoms with Gasteiger partial charge in [-0.2, -0.15) is 0 Å². The second-order valence-electron chi connectivity index (χ2n) is 9.87. The van der Waals surface area contributed by atoms with E-state index in [-0.39, 0.29) is 16.7 Å². The molecule has 1 saturated heterocycles. The van der Waals surface area contributed by atoms with Gasteiger partial charge in [0.05, 0.1) is 11.0 Å². The first-order valence-electron chi connectivity index (χ1n) is 12.9. The van der Waals surface area contributed by atoms with Crippen LogP contribution in [-0.2, 0) is 10.0 Å². The second kappa shape index (κ2) is 10.4. The third-order valence-corrected chi connectivity index (χ3v) is 9.45. The molecule has 1 N–H and O–H groups in total. The maximum Gasteiger partial charge on any atom is 0.273 e. The molecule has 6 rings (SSSR count). The number of anilines is 1. The van der Waals surface area contributed by atoms with Crippen LogP contribution in [0.4, 0.5) is 5.69 Å². The summed E-state index contributed by atoms with van der Waals surface area (Å²) in [5.74, 6) is 0.224. The van der Waals surface area contributed by atoms with E-state index in [2.05, 4.69) is 14.7 Å². The van der Waals surface area contributed by atoms with Crippen LogP contribution in [-0.4, -0.2) is 66.2 Å². The molecule has 9 nitrogen and oxygen atoms in total. The fourth-order valence-corrected chi connectivity index (χ4v) is 6.76. The maximum absolute atomic E-state index is 13.3. The molecule has 0 atom stereocenters. The highest BCUT2D eigenvalue weighted by molar-refractivity contribution is 7.93. The molecule has 0 spiro atoms. The number of carbonyl (C=O) groups excluding carboxylic acids is 2. The van der Waals surface area contributed by atoms with E-state index in [1.54, 1.807) is 63.3 Å². The lowest BCUT2D eigenvalue weighted by Crippen LogP contribution is -2.50. The summed E-state index contributed by atoms with van der Waals surface area (Å²) in [4.78, 5) is 37.6. The number of sulfonamides is 1. The van der Waals surface area contributed by atoms with Crippen molar-refractivity contribution in [2.24, 2.45) is 0 Å². The summed E-state index contributed by atoms with van der Waals surface area (Å²) in [6.45, 7) is 1.70. The molecule has 1 saturated carbocycles. The van der Waals surface area contributed by atoms with E-state index in [0.717, 1.165) is 23.8 Å². The van der Waals surface area contributed by atoms with Crippen LogP contribution in [0.15, 0.2) is 70.5 Å². The van der Waals surface area contributed by atoms with Crippen molar-refractivity contribution in [2.45, 2.75) is 30.1 Å². The van der Waals surface area contributed by atoms with Crippen molar-refractivity contribution >= 4 is 49.8 Å². The number of aromatic nitrogens is 2. The molecular weight excluding hydrogens is 534 g/mol. The minimum atomic E-state index is -3.90. The summed E-state index contributed by atoms with van der Waals surface area (Å²) in [7, 11) is -3.90. The summed E-state index contributed by atoms with van der Waals surface area (Å²) in [6.07, 6.45) is 5.31. The van der Waals surface area contributed by atoms with E-state index in [1.807, 2.05) is 12.1 Å². The lowest BCUT2D eigenvalue weighted by atomic mass is 9.80. The Labute approximate surface area is 230 Å². The highest BCUT2D eigenvalue weighted by Gasteiger charge is 2.27. The summed E-state index contributed by atoms with van der Waals surface area (Å²) in [5, 5.41) is 2.52.